The van der Waals surface area contributed by atoms with E-state index in [-0.39, 0.29) is 5.91 Å². The van der Waals surface area contributed by atoms with E-state index in [1.54, 1.807) is 0 Å². The summed E-state index contributed by atoms with van der Waals surface area (Å²) in [7, 11) is 0. The predicted octanol–water partition coefficient (Wildman–Crippen LogP) is 3.02. The molecule has 0 unspecified atom stereocenters. The molecule has 0 aromatic heterocycles. The second-order valence-corrected chi connectivity index (χ2v) is 9.04. The molecular weight excluding hydrogens is 360 g/mol. The van der Waals surface area contributed by atoms with Gasteiger partial charge in [0.05, 0.1) is 18.0 Å². The van der Waals surface area contributed by atoms with Crippen LogP contribution in [-0.2, 0) is 10.2 Å². The summed E-state index contributed by atoms with van der Waals surface area (Å²) in [5.41, 5.74) is 0.721. The minimum Gasteiger partial charge on any atom is -0.339 e. The van der Waals surface area contributed by atoms with Gasteiger partial charge in [0, 0.05) is 45.3 Å². The molecule has 2 saturated heterocycles. The molecule has 2 heterocycles. The highest BCUT2D eigenvalue weighted by Crippen LogP contribution is 2.34. The van der Waals surface area contributed by atoms with E-state index >= 15 is 0 Å². The van der Waals surface area contributed by atoms with Crippen LogP contribution >= 0.6 is 0 Å². The third-order valence-corrected chi connectivity index (χ3v) is 7.37. The second kappa shape index (κ2) is 9.28. The molecule has 1 aromatic carbocycles. The summed E-state index contributed by atoms with van der Waals surface area (Å²) in [5.74, 6) is 0.262. The van der Waals surface area contributed by atoms with Crippen LogP contribution in [0.2, 0.25) is 0 Å². The average molecular weight is 395 g/mol. The lowest BCUT2D eigenvalue weighted by Gasteiger charge is -2.42. The highest BCUT2D eigenvalue weighted by atomic mass is 16.2. The summed E-state index contributed by atoms with van der Waals surface area (Å²) in [6.07, 6.45) is 8.40. The van der Waals surface area contributed by atoms with E-state index in [0.717, 1.165) is 63.7 Å². The van der Waals surface area contributed by atoms with Gasteiger partial charge in [0.2, 0.25) is 5.91 Å². The molecule has 0 atom stereocenters. The van der Waals surface area contributed by atoms with Gasteiger partial charge in [-0.2, -0.15) is 5.26 Å². The van der Waals surface area contributed by atoms with Crippen molar-refractivity contribution in [3.05, 3.63) is 35.9 Å². The minimum absolute atomic E-state index is 0.262. The summed E-state index contributed by atoms with van der Waals surface area (Å²) >= 11 is 0. The van der Waals surface area contributed by atoms with Gasteiger partial charge in [0.1, 0.15) is 0 Å². The molecule has 5 nitrogen and oxygen atoms in total. The molecule has 0 spiro atoms. The van der Waals surface area contributed by atoms with Gasteiger partial charge < -0.3 is 4.90 Å². The van der Waals surface area contributed by atoms with Crippen LogP contribution in [0.1, 0.15) is 50.5 Å². The molecule has 4 rings (SSSR count). The predicted molar refractivity (Wildman–Crippen MR) is 114 cm³/mol. The monoisotopic (exact) mass is 394 g/mol. The van der Waals surface area contributed by atoms with Crippen molar-refractivity contribution < 1.29 is 4.79 Å². The molecule has 3 aliphatic rings. The first-order valence-electron chi connectivity index (χ1n) is 11.4. The highest BCUT2D eigenvalue weighted by molar-refractivity contribution is 5.78. The number of hydrogen-bond donors (Lipinski definition) is 0. The van der Waals surface area contributed by atoms with E-state index in [4.69, 9.17) is 0 Å². The third kappa shape index (κ3) is 4.65. The number of benzene rings is 1. The summed E-state index contributed by atoms with van der Waals surface area (Å²) in [6.45, 7) is 5.93. The largest absolute Gasteiger partial charge is 0.339 e. The first-order chi connectivity index (χ1) is 14.2. The Hall–Kier alpha value is -1.90. The fourth-order valence-electron chi connectivity index (χ4n) is 5.39. The second-order valence-electron chi connectivity index (χ2n) is 9.04. The maximum atomic E-state index is 12.9. The number of nitrogens with zero attached hydrogens (tertiary/aromatic N) is 4. The molecule has 1 amide bonds. The van der Waals surface area contributed by atoms with E-state index in [1.165, 1.54) is 32.1 Å². The Balaban J connectivity index is 1.25. The number of nitriles is 1. The zero-order valence-corrected chi connectivity index (χ0v) is 17.6. The zero-order chi connectivity index (χ0) is 20.1. The Kier molecular flexibility index (Phi) is 6.52. The van der Waals surface area contributed by atoms with Crippen molar-refractivity contribution in [1.82, 2.24) is 14.7 Å². The van der Waals surface area contributed by atoms with Crippen molar-refractivity contribution in [2.24, 2.45) is 0 Å². The van der Waals surface area contributed by atoms with Gasteiger partial charge in [-0.25, -0.2) is 0 Å². The summed E-state index contributed by atoms with van der Waals surface area (Å²) in [5, 5.41) is 9.85. The van der Waals surface area contributed by atoms with Crippen molar-refractivity contribution in [3.8, 4) is 6.07 Å². The van der Waals surface area contributed by atoms with Gasteiger partial charge in [-0.15, -0.1) is 0 Å². The van der Waals surface area contributed by atoms with Gasteiger partial charge >= 0.3 is 0 Å². The van der Waals surface area contributed by atoms with Gasteiger partial charge in [0.25, 0.3) is 0 Å². The summed E-state index contributed by atoms with van der Waals surface area (Å²) in [4.78, 5) is 19.8. The Morgan fingerprint density at radius 2 is 1.62 bits per heavy atom. The maximum Gasteiger partial charge on any atom is 0.236 e. The number of likely N-dealkylation sites (tertiary alicyclic amines) is 1. The third-order valence-electron chi connectivity index (χ3n) is 7.37. The van der Waals surface area contributed by atoms with Crippen LogP contribution in [0.15, 0.2) is 30.3 Å². The zero-order valence-electron chi connectivity index (χ0n) is 17.6. The lowest BCUT2D eigenvalue weighted by molar-refractivity contribution is -0.135. The number of piperidine rings is 1. The summed E-state index contributed by atoms with van der Waals surface area (Å²) < 4.78 is 0. The fraction of sp³-hybridized carbons (Fsp3) is 0.667. The Morgan fingerprint density at radius 1 is 0.966 bits per heavy atom. The van der Waals surface area contributed by atoms with Crippen LogP contribution < -0.4 is 0 Å². The van der Waals surface area contributed by atoms with Gasteiger partial charge in [0.15, 0.2) is 0 Å². The molecule has 0 radical (unpaired) electrons. The van der Waals surface area contributed by atoms with Gasteiger partial charge in [-0.1, -0.05) is 49.6 Å². The lowest BCUT2D eigenvalue weighted by atomic mass is 9.74. The normalized spacial score (nSPS) is 24.2. The van der Waals surface area contributed by atoms with E-state index in [1.807, 2.05) is 18.2 Å². The first-order valence-corrected chi connectivity index (χ1v) is 11.4. The lowest BCUT2D eigenvalue weighted by Crippen LogP contribution is -2.54. The highest BCUT2D eigenvalue weighted by Gasteiger charge is 2.37. The topological polar surface area (TPSA) is 50.6 Å². The van der Waals surface area contributed by atoms with Crippen molar-refractivity contribution in [3.63, 3.8) is 0 Å². The molecule has 0 N–H and O–H groups in total. The number of hydrogen-bond acceptors (Lipinski definition) is 4. The SMILES string of the molecule is N#CC1(c2ccccc2)CCN(CC(=O)N2CCN(C3CCCCC3)CC2)CC1. The number of rotatable bonds is 4. The minimum atomic E-state index is -0.396. The van der Waals surface area contributed by atoms with Crippen molar-refractivity contribution in [1.29, 1.82) is 5.26 Å². The molecule has 1 saturated carbocycles. The van der Waals surface area contributed by atoms with Gasteiger partial charge in [-0.3, -0.25) is 14.6 Å². The molecule has 29 heavy (non-hydrogen) atoms. The number of piperazine rings is 1. The number of carbonyl (C=O) groups excluding carboxylic acids is 1. The molecule has 5 heteroatoms. The van der Waals surface area contributed by atoms with Crippen LogP contribution in [0.3, 0.4) is 0 Å². The average Bonchev–Trinajstić information content (AvgIpc) is 2.81. The van der Waals surface area contributed by atoms with E-state index in [0.29, 0.717) is 6.54 Å². The first kappa shape index (κ1) is 20.4. The fourth-order valence-corrected chi connectivity index (χ4v) is 5.39. The van der Waals surface area contributed by atoms with Crippen LogP contribution in [0.4, 0.5) is 0 Å². The quantitative estimate of drug-likeness (QED) is 0.788. The van der Waals surface area contributed by atoms with Crippen molar-refractivity contribution >= 4 is 5.91 Å². The van der Waals surface area contributed by atoms with Crippen LogP contribution in [-0.4, -0.2) is 72.5 Å². The number of amides is 1. The van der Waals surface area contributed by atoms with E-state index in [2.05, 4.69) is 32.9 Å². The molecule has 0 bridgehead atoms. The van der Waals surface area contributed by atoms with E-state index < -0.39 is 5.41 Å². The Labute approximate surface area is 175 Å². The molecule has 3 fully saturated rings. The van der Waals surface area contributed by atoms with Crippen molar-refractivity contribution in [2.75, 3.05) is 45.8 Å². The molecular formula is C24H34N4O. The Morgan fingerprint density at radius 3 is 2.24 bits per heavy atom. The Bertz CT molecular complexity index is 706. The molecule has 156 valence electrons. The summed E-state index contributed by atoms with van der Waals surface area (Å²) in [6, 6.07) is 13.5. The maximum absolute atomic E-state index is 12.9. The smallest absolute Gasteiger partial charge is 0.236 e. The van der Waals surface area contributed by atoms with Crippen LogP contribution in [0.5, 0.6) is 0 Å². The van der Waals surface area contributed by atoms with Crippen molar-refractivity contribution in [2.45, 2.75) is 56.4 Å². The molecule has 1 aliphatic carbocycles. The molecule has 1 aromatic rings. The van der Waals surface area contributed by atoms with Crippen LogP contribution in [0.25, 0.3) is 0 Å². The number of carbonyl (C=O) groups is 1. The van der Waals surface area contributed by atoms with Gasteiger partial charge in [-0.05, 0) is 31.2 Å². The van der Waals surface area contributed by atoms with Crippen LogP contribution in [0, 0.1) is 11.3 Å². The standard InChI is InChI=1S/C24H34N4O/c25-20-24(21-7-3-1-4-8-21)11-13-26(14-12-24)19-23(29)28-17-15-27(16-18-28)22-9-5-2-6-10-22/h1,3-4,7-8,22H,2,5-6,9-19H2. The molecule has 2 aliphatic heterocycles. The van der Waals surface area contributed by atoms with E-state index in [9.17, 15) is 10.1 Å².